The number of aliphatic hydroxyl groups is 1. The summed E-state index contributed by atoms with van der Waals surface area (Å²) < 4.78 is 5.25. The normalized spacial score (nSPS) is 25.4. The number of carbonyl (C=O) groups is 1. The van der Waals surface area contributed by atoms with Crippen molar-refractivity contribution in [2.24, 2.45) is 0 Å². The number of hydrogen-bond donors (Lipinski definition) is 1. The van der Waals surface area contributed by atoms with Crippen LogP contribution in [0.1, 0.15) is 11.1 Å². The fraction of sp³-hybridized carbons (Fsp3) is 0.500. The number of benzene rings is 1. The fourth-order valence-electron chi connectivity index (χ4n) is 3.22. The maximum Gasteiger partial charge on any atom is 0.279 e. The number of nitrogens with zero attached hydrogens (tertiary/aromatic N) is 3. The van der Waals surface area contributed by atoms with Gasteiger partial charge in [0.1, 0.15) is 0 Å². The molecular formula is C14H17N3O5. The van der Waals surface area contributed by atoms with Crippen LogP contribution in [-0.4, -0.2) is 54.2 Å². The summed E-state index contributed by atoms with van der Waals surface area (Å²) in [6, 6.07) is 2.70. The lowest BCUT2D eigenvalue weighted by Gasteiger charge is -2.37. The number of rotatable bonds is 2. The van der Waals surface area contributed by atoms with E-state index in [0.717, 1.165) is 0 Å². The number of morpholine rings is 1. The maximum absolute atomic E-state index is 12.6. The van der Waals surface area contributed by atoms with Crippen LogP contribution >= 0.6 is 0 Å². The zero-order valence-electron chi connectivity index (χ0n) is 12.4. The Morgan fingerprint density at radius 3 is 2.59 bits per heavy atom. The number of nitro groups is 1. The second-order valence-corrected chi connectivity index (χ2v) is 5.55. The number of amides is 1. The molecule has 1 aromatic carbocycles. The topological polar surface area (TPSA) is 96.2 Å². The molecule has 2 aliphatic rings. The summed E-state index contributed by atoms with van der Waals surface area (Å²) in [7, 11) is 1.57. The average molecular weight is 307 g/mol. The van der Waals surface area contributed by atoms with Crippen LogP contribution in [-0.2, 0) is 15.3 Å². The standard InChI is InChI=1S/C14H17N3O5/c1-9-7-10(17(20)21)8-11-12(9)15(2)13(18)14(11,19)16-3-5-22-6-4-16/h7-8,19H,3-6H2,1-2H3. The molecule has 1 N–H and O–H groups in total. The highest BCUT2D eigenvalue weighted by atomic mass is 16.6. The molecule has 22 heavy (non-hydrogen) atoms. The number of anilines is 1. The van der Waals surface area contributed by atoms with Gasteiger partial charge in [-0.2, -0.15) is 0 Å². The zero-order chi connectivity index (χ0) is 16.1. The maximum atomic E-state index is 12.6. The molecule has 8 heteroatoms. The fourth-order valence-corrected chi connectivity index (χ4v) is 3.22. The Morgan fingerprint density at radius 2 is 2.00 bits per heavy atom. The van der Waals surface area contributed by atoms with Crippen LogP contribution < -0.4 is 4.90 Å². The Bertz CT molecular complexity index is 656. The third kappa shape index (κ3) is 1.92. The highest BCUT2D eigenvalue weighted by Gasteiger charge is 2.54. The van der Waals surface area contributed by atoms with Crippen molar-refractivity contribution in [2.75, 3.05) is 38.3 Å². The van der Waals surface area contributed by atoms with Crippen molar-refractivity contribution in [1.29, 1.82) is 0 Å². The molecule has 1 saturated heterocycles. The number of fused-ring (bicyclic) bond motifs is 1. The number of aryl methyl sites for hydroxylation is 1. The molecule has 0 saturated carbocycles. The van der Waals surface area contributed by atoms with E-state index in [2.05, 4.69) is 0 Å². The molecule has 3 rings (SSSR count). The summed E-state index contributed by atoms with van der Waals surface area (Å²) in [5.74, 6) is -0.493. The van der Waals surface area contributed by atoms with E-state index in [0.29, 0.717) is 37.6 Å². The van der Waals surface area contributed by atoms with Gasteiger partial charge in [0.2, 0.25) is 5.72 Å². The minimum Gasteiger partial charge on any atom is -0.379 e. The van der Waals surface area contributed by atoms with E-state index >= 15 is 0 Å². The third-order valence-corrected chi connectivity index (χ3v) is 4.28. The van der Waals surface area contributed by atoms with Gasteiger partial charge in [0.25, 0.3) is 11.6 Å². The summed E-state index contributed by atoms with van der Waals surface area (Å²) in [6.45, 7) is 3.28. The van der Waals surface area contributed by atoms with Crippen LogP contribution in [0.4, 0.5) is 11.4 Å². The van der Waals surface area contributed by atoms with Gasteiger partial charge >= 0.3 is 0 Å². The molecule has 118 valence electrons. The van der Waals surface area contributed by atoms with Gasteiger partial charge in [-0.15, -0.1) is 0 Å². The molecule has 8 nitrogen and oxygen atoms in total. The predicted molar refractivity (Wildman–Crippen MR) is 77.5 cm³/mol. The summed E-state index contributed by atoms with van der Waals surface area (Å²) in [6.07, 6.45) is 0. The van der Waals surface area contributed by atoms with Crippen molar-refractivity contribution in [1.82, 2.24) is 4.90 Å². The van der Waals surface area contributed by atoms with Gasteiger partial charge in [0.15, 0.2) is 0 Å². The molecule has 2 aliphatic heterocycles. The number of hydrogen-bond acceptors (Lipinski definition) is 6. The smallest absolute Gasteiger partial charge is 0.279 e. The first kappa shape index (κ1) is 14.9. The molecule has 1 fully saturated rings. The summed E-state index contributed by atoms with van der Waals surface area (Å²) in [5.41, 5.74) is -0.613. The highest BCUT2D eigenvalue weighted by molar-refractivity contribution is 6.07. The van der Waals surface area contributed by atoms with Crippen molar-refractivity contribution in [3.8, 4) is 0 Å². The largest absolute Gasteiger partial charge is 0.379 e. The van der Waals surface area contributed by atoms with Gasteiger partial charge in [-0.05, 0) is 12.5 Å². The molecule has 1 amide bonds. The van der Waals surface area contributed by atoms with E-state index in [-0.39, 0.29) is 11.3 Å². The summed E-state index contributed by atoms with van der Waals surface area (Å²) >= 11 is 0. The summed E-state index contributed by atoms with van der Waals surface area (Å²) in [5, 5.41) is 22.2. The molecule has 1 atom stereocenters. The predicted octanol–water partition coefficient (Wildman–Crippen LogP) is 0.357. The van der Waals surface area contributed by atoms with Crippen molar-refractivity contribution in [2.45, 2.75) is 12.6 Å². The van der Waals surface area contributed by atoms with E-state index in [4.69, 9.17) is 4.74 Å². The lowest BCUT2D eigenvalue weighted by atomic mass is 9.98. The van der Waals surface area contributed by atoms with Gasteiger partial charge in [-0.1, -0.05) is 0 Å². The monoisotopic (exact) mass is 307 g/mol. The van der Waals surface area contributed by atoms with Crippen LogP contribution in [0.3, 0.4) is 0 Å². The van der Waals surface area contributed by atoms with Gasteiger partial charge in [-0.3, -0.25) is 19.8 Å². The Morgan fingerprint density at radius 1 is 1.36 bits per heavy atom. The van der Waals surface area contributed by atoms with Crippen LogP contribution in [0.2, 0.25) is 0 Å². The van der Waals surface area contributed by atoms with Gasteiger partial charge in [-0.25, -0.2) is 0 Å². The average Bonchev–Trinajstić information content (AvgIpc) is 2.71. The Labute approximate surface area is 127 Å². The minimum atomic E-state index is -1.87. The van der Waals surface area contributed by atoms with E-state index in [1.807, 2.05) is 0 Å². The molecule has 0 aliphatic carbocycles. The Kier molecular flexibility index (Phi) is 3.39. The second-order valence-electron chi connectivity index (χ2n) is 5.55. The highest BCUT2D eigenvalue weighted by Crippen LogP contribution is 2.45. The van der Waals surface area contributed by atoms with E-state index in [1.54, 1.807) is 18.9 Å². The van der Waals surface area contributed by atoms with Crippen LogP contribution in [0.25, 0.3) is 0 Å². The lowest BCUT2D eigenvalue weighted by molar-refractivity contribution is -0.385. The molecule has 1 aromatic rings. The summed E-state index contributed by atoms with van der Waals surface area (Å²) in [4.78, 5) is 26.2. The number of carbonyl (C=O) groups excluding carboxylic acids is 1. The number of nitro benzene ring substituents is 1. The molecule has 0 radical (unpaired) electrons. The van der Waals surface area contributed by atoms with E-state index < -0.39 is 16.6 Å². The molecule has 0 bridgehead atoms. The zero-order valence-corrected chi connectivity index (χ0v) is 12.4. The van der Waals surface area contributed by atoms with E-state index in [1.165, 1.54) is 17.0 Å². The SMILES string of the molecule is Cc1cc([N+](=O)[O-])cc2c1N(C)C(=O)C2(O)N1CCOCC1. The Balaban J connectivity index is 2.18. The van der Waals surface area contributed by atoms with Crippen LogP contribution in [0.5, 0.6) is 0 Å². The molecule has 2 heterocycles. The number of non-ortho nitro benzene ring substituents is 1. The van der Waals surface area contributed by atoms with Gasteiger partial charge < -0.3 is 14.7 Å². The minimum absolute atomic E-state index is 0.133. The first-order chi connectivity index (χ1) is 10.4. The van der Waals surface area contributed by atoms with Gasteiger partial charge in [0, 0.05) is 37.8 Å². The van der Waals surface area contributed by atoms with Crippen molar-refractivity contribution in [3.63, 3.8) is 0 Å². The van der Waals surface area contributed by atoms with Crippen LogP contribution in [0.15, 0.2) is 12.1 Å². The third-order valence-electron chi connectivity index (χ3n) is 4.28. The lowest BCUT2D eigenvalue weighted by Crippen LogP contribution is -2.56. The molecule has 0 spiro atoms. The first-order valence-corrected chi connectivity index (χ1v) is 7.00. The number of ether oxygens (including phenoxy) is 1. The quantitative estimate of drug-likeness (QED) is 0.626. The van der Waals surface area contributed by atoms with Crippen LogP contribution in [0, 0.1) is 17.0 Å². The van der Waals surface area contributed by atoms with Crippen molar-refractivity contribution in [3.05, 3.63) is 33.4 Å². The van der Waals surface area contributed by atoms with E-state index in [9.17, 15) is 20.0 Å². The first-order valence-electron chi connectivity index (χ1n) is 7.00. The van der Waals surface area contributed by atoms with Crippen molar-refractivity contribution >= 4 is 17.3 Å². The molecule has 1 unspecified atom stereocenters. The Hall–Kier alpha value is -2.03. The van der Waals surface area contributed by atoms with Crippen molar-refractivity contribution < 1.29 is 19.6 Å². The number of likely N-dealkylation sites (N-methyl/N-ethyl adjacent to an activating group) is 1. The molecule has 0 aromatic heterocycles. The molecular weight excluding hydrogens is 290 g/mol. The second kappa shape index (κ2) is 5.01. The van der Waals surface area contributed by atoms with Gasteiger partial charge in [0.05, 0.1) is 23.8 Å².